The number of Topliss-reactive ketones (excluding diaryl/α,β-unsaturated/α-hetero) is 1. The van der Waals surface area contributed by atoms with Gasteiger partial charge >= 0.3 is 17.9 Å². The molecule has 1 aliphatic heterocycles. The van der Waals surface area contributed by atoms with Crippen LogP contribution in [0.15, 0.2) is 95.0 Å². The molecule has 0 spiro atoms. The number of carbonyl (C=O) groups is 4. The number of halogens is 1. The van der Waals surface area contributed by atoms with E-state index in [0.29, 0.717) is 10.2 Å². The molecule has 4 rings (SSSR count). The van der Waals surface area contributed by atoms with Gasteiger partial charge in [0.05, 0.1) is 7.11 Å². The molecule has 1 heterocycles. The standard InChI is InChI=1S/C26H20BrN3O6/c1-36-24(34)26(29-25(35)28-18-10-6-3-7-11-18)20(21(31)16-8-4-2-5-9-16)22(32)23(33)30(26)19-14-12-17(27)13-15-19/h2-15,31H,1H3,(H2,28,29,35)/b21-20-. The summed E-state index contributed by atoms with van der Waals surface area (Å²) in [6.07, 6.45) is 0. The van der Waals surface area contributed by atoms with Crippen LogP contribution in [0.3, 0.4) is 0 Å². The van der Waals surface area contributed by atoms with Gasteiger partial charge in [-0.2, -0.15) is 0 Å². The van der Waals surface area contributed by atoms with Crippen LogP contribution in [0, 0.1) is 0 Å². The molecule has 10 heteroatoms. The monoisotopic (exact) mass is 549 g/mol. The molecule has 36 heavy (non-hydrogen) atoms. The largest absolute Gasteiger partial charge is 0.507 e. The number of aliphatic hydroxyl groups excluding tert-OH is 1. The summed E-state index contributed by atoms with van der Waals surface area (Å²) in [5.41, 5.74) is -2.51. The number of esters is 1. The number of ketones is 1. The van der Waals surface area contributed by atoms with Gasteiger partial charge in [0.15, 0.2) is 0 Å². The van der Waals surface area contributed by atoms with Crippen LogP contribution >= 0.6 is 15.9 Å². The van der Waals surface area contributed by atoms with Crippen molar-refractivity contribution < 1.29 is 29.0 Å². The van der Waals surface area contributed by atoms with E-state index in [9.17, 15) is 24.3 Å². The Bertz CT molecular complexity index is 1360. The van der Waals surface area contributed by atoms with E-state index in [1.54, 1.807) is 60.7 Å². The Morgan fingerprint density at radius 1 is 0.917 bits per heavy atom. The second-order valence-electron chi connectivity index (χ2n) is 7.68. The zero-order chi connectivity index (χ0) is 25.9. The van der Waals surface area contributed by atoms with Crippen molar-refractivity contribution in [3.05, 3.63) is 101 Å². The number of ether oxygens (including phenoxy) is 1. The SMILES string of the molecule is COC(=O)C1(NC(=O)Nc2ccccc2)/C(=C(\O)c2ccccc2)C(=O)C(=O)N1c1ccc(Br)cc1. The zero-order valence-electron chi connectivity index (χ0n) is 18.9. The van der Waals surface area contributed by atoms with Gasteiger partial charge in [0.25, 0.3) is 11.4 Å². The van der Waals surface area contributed by atoms with E-state index in [4.69, 9.17) is 4.74 Å². The van der Waals surface area contributed by atoms with Gasteiger partial charge in [-0.3, -0.25) is 14.5 Å². The molecule has 9 nitrogen and oxygen atoms in total. The maximum absolute atomic E-state index is 13.4. The number of carbonyl (C=O) groups excluding carboxylic acids is 4. The van der Waals surface area contributed by atoms with Crippen LogP contribution < -0.4 is 15.5 Å². The summed E-state index contributed by atoms with van der Waals surface area (Å²) in [4.78, 5) is 54.1. The topological polar surface area (TPSA) is 125 Å². The smallest absolute Gasteiger partial charge is 0.358 e. The summed E-state index contributed by atoms with van der Waals surface area (Å²) in [5.74, 6) is -4.13. The summed E-state index contributed by atoms with van der Waals surface area (Å²) in [6.45, 7) is 0. The molecular formula is C26H20BrN3O6. The number of para-hydroxylation sites is 1. The Morgan fingerprint density at radius 3 is 2.08 bits per heavy atom. The number of rotatable bonds is 5. The van der Waals surface area contributed by atoms with Crippen LogP contribution in [0.4, 0.5) is 16.2 Å². The third-order valence-corrected chi connectivity index (χ3v) is 6.03. The predicted octanol–water partition coefficient (Wildman–Crippen LogP) is 4.03. The van der Waals surface area contributed by atoms with E-state index in [-0.39, 0.29) is 11.3 Å². The average Bonchev–Trinajstić information content (AvgIpc) is 3.11. The molecule has 3 N–H and O–H groups in total. The third-order valence-electron chi connectivity index (χ3n) is 5.50. The number of urea groups is 1. The fourth-order valence-electron chi connectivity index (χ4n) is 3.92. The van der Waals surface area contributed by atoms with Crippen LogP contribution in [0.5, 0.6) is 0 Å². The fraction of sp³-hybridized carbons (Fsp3) is 0.0769. The number of anilines is 2. The Kier molecular flexibility index (Phi) is 6.89. The van der Waals surface area contributed by atoms with Crippen molar-refractivity contribution in [1.82, 2.24) is 5.32 Å². The van der Waals surface area contributed by atoms with Crippen molar-refractivity contribution in [1.29, 1.82) is 0 Å². The average molecular weight is 550 g/mol. The van der Waals surface area contributed by atoms with E-state index in [2.05, 4.69) is 26.6 Å². The molecule has 0 aromatic heterocycles. The molecule has 1 fully saturated rings. The van der Waals surface area contributed by atoms with Gasteiger partial charge in [0.1, 0.15) is 11.3 Å². The first-order valence-corrected chi connectivity index (χ1v) is 11.4. The van der Waals surface area contributed by atoms with E-state index in [1.165, 1.54) is 24.3 Å². The van der Waals surface area contributed by atoms with Gasteiger partial charge in [-0.25, -0.2) is 9.59 Å². The molecule has 0 aliphatic carbocycles. The van der Waals surface area contributed by atoms with Gasteiger partial charge in [0, 0.05) is 21.4 Å². The lowest BCUT2D eigenvalue weighted by molar-refractivity contribution is -0.146. The van der Waals surface area contributed by atoms with Crippen LogP contribution in [-0.4, -0.2) is 41.6 Å². The van der Waals surface area contributed by atoms with Gasteiger partial charge in [0.2, 0.25) is 0 Å². The van der Waals surface area contributed by atoms with Gasteiger partial charge in [-0.1, -0.05) is 64.5 Å². The molecule has 182 valence electrons. The minimum Gasteiger partial charge on any atom is -0.507 e. The minimum absolute atomic E-state index is 0.109. The van der Waals surface area contributed by atoms with E-state index in [0.717, 1.165) is 12.0 Å². The number of nitrogens with zero attached hydrogens (tertiary/aromatic N) is 1. The molecule has 3 aromatic carbocycles. The van der Waals surface area contributed by atoms with Crippen molar-refractivity contribution in [3.63, 3.8) is 0 Å². The zero-order valence-corrected chi connectivity index (χ0v) is 20.5. The number of methoxy groups -OCH3 is 1. The number of aliphatic hydroxyl groups is 1. The second-order valence-corrected chi connectivity index (χ2v) is 8.60. The van der Waals surface area contributed by atoms with Crippen LogP contribution in [0.1, 0.15) is 5.56 Å². The first-order chi connectivity index (χ1) is 17.3. The highest BCUT2D eigenvalue weighted by Gasteiger charge is 2.64. The summed E-state index contributed by atoms with van der Waals surface area (Å²) in [6, 6.07) is 21.5. The lowest BCUT2D eigenvalue weighted by Crippen LogP contribution is -2.66. The van der Waals surface area contributed by atoms with Crippen LogP contribution in [-0.2, 0) is 19.1 Å². The molecule has 3 aromatic rings. The highest BCUT2D eigenvalue weighted by atomic mass is 79.9. The molecule has 3 amide bonds. The highest BCUT2D eigenvalue weighted by molar-refractivity contribution is 9.10. The normalized spacial score (nSPS) is 18.6. The summed E-state index contributed by atoms with van der Waals surface area (Å²) < 4.78 is 5.67. The Morgan fingerprint density at radius 2 is 1.50 bits per heavy atom. The van der Waals surface area contributed by atoms with E-state index in [1.807, 2.05) is 0 Å². The first-order valence-electron chi connectivity index (χ1n) is 10.7. The second kappa shape index (κ2) is 10.0. The minimum atomic E-state index is -2.52. The first kappa shape index (κ1) is 24.7. The Balaban J connectivity index is 1.95. The lowest BCUT2D eigenvalue weighted by Gasteiger charge is -2.36. The molecule has 1 saturated heterocycles. The quantitative estimate of drug-likeness (QED) is 0.191. The molecule has 0 bridgehead atoms. The summed E-state index contributed by atoms with van der Waals surface area (Å²) in [5, 5.41) is 16.2. The number of nitrogens with one attached hydrogen (secondary N) is 2. The van der Waals surface area contributed by atoms with E-state index >= 15 is 0 Å². The maximum Gasteiger partial charge on any atom is 0.358 e. The van der Waals surface area contributed by atoms with Crippen molar-refractivity contribution in [3.8, 4) is 0 Å². The number of hydrogen-bond acceptors (Lipinski definition) is 6. The Labute approximate surface area is 214 Å². The summed E-state index contributed by atoms with van der Waals surface area (Å²) >= 11 is 3.30. The molecule has 0 radical (unpaired) electrons. The van der Waals surface area contributed by atoms with Crippen molar-refractivity contribution in [2.45, 2.75) is 5.66 Å². The summed E-state index contributed by atoms with van der Waals surface area (Å²) in [7, 11) is 1.05. The number of amides is 3. The third kappa shape index (κ3) is 4.34. The van der Waals surface area contributed by atoms with Crippen molar-refractivity contribution in [2.24, 2.45) is 0 Å². The van der Waals surface area contributed by atoms with Gasteiger partial charge in [-0.15, -0.1) is 0 Å². The van der Waals surface area contributed by atoms with Gasteiger partial charge in [-0.05, 0) is 36.4 Å². The number of hydrogen-bond donors (Lipinski definition) is 3. The van der Waals surface area contributed by atoms with Crippen molar-refractivity contribution in [2.75, 3.05) is 17.3 Å². The molecular weight excluding hydrogens is 530 g/mol. The molecule has 1 unspecified atom stereocenters. The highest BCUT2D eigenvalue weighted by Crippen LogP contribution is 2.40. The number of benzene rings is 3. The van der Waals surface area contributed by atoms with Crippen LogP contribution in [0.25, 0.3) is 5.76 Å². The van der Waals surface area contributed by atoms with E-state index < -0.39 is 40.7 Å². The van der Waals surface area contributed by atoms with Crippen molar-refractivity contribution >= 4 is 56.8 Å². The molecule has 1 atom stereocenters. The lowest BCUT2D eigenvalue weighted by atomic mass is 9.94. The molecule has 1 aliphatic rings. The van der Waals surface area contributed by atoms with Crippen LogP contribution in [0.2, 0.25) is 0 Å². The predicted molar refractivity (Wildman–Crippen MR) is 136 cm³/mol. The fourth-order valence-corrected chi connectivity index (χ4v) is 4.18. The molecule has 0 saturated carbocycles. The maximum atomic E-state index is 13.4. The van der Waals surface area contributed by atoms with Gasteiger partial charge < -0.3 is 20.5 Å². The Hall–Kier alpha value is -4.44.